The fourth-order valence-electron chi connectivity index (χ4n) is 1.69. The molecular weight excluding hydrogens is 389 g/mol. The zero-order valence-electron chi connectivity index (χ0n) is 9.30. The number of rotatable bonds is 2. The molecule has 0 aliphatic heterocycles. The molecule has 6 heteroatoms. The van der Waals surface area contributed by atoms with Crippen LogP contribution in [0.4, 0.5) is 13.2 Å². The van der Waals surface area contributed by atoms with Crippen LogP contribution < -0.4 is 0 Å². The summed E-state index contributed by atoms with van der Waals surface area (Å²) in [6, 6.07) is 5.93. The summed E-state index contributed by atoms with van der Waals surface area (Å²) in [5.74, 6) is -3.28. The van der Waals surface area contributed by atoms with E-state index in [4.69, 9.17) is 0 Å². The lowest BCUT2D eigenvalue weighted by Crippen LogP contribution is -2.07. The van der Waals surface area contributed by atoms with Gasteiger partial charge in [0.1, 0.15) is 23.6 Å². The Morgan fingerprint density at radius 3 is 2.11 bits per heavy atom. The molecule has 0 saturated carbocycles. The van der Waals surface area contributed by atoms with E-state index in [1.807, 2.05) is 0 Å². The molecule has 0 heterocycles. The average molecular weight is 396 g/mol. The predicted molar refractivity (Wildman–Crippen MR) is 72.2 cm³/mol. The largest absolute Gasteiger partial charge is 0.383 e. The highest BCUT2D eigenvalue weighted by Crippen LogP contribution is 2.33. The van der Waals surface area contributed by atoms with E-state index in [9.17, 15) is 18.3 Å². The quantitative estimate of drug-likeness (QED) is 0.780. The average Bonchev–Trinajstić information content (AvgIpc) is 2.30. The minimum atomic E-state index is -1.53. The van der Waals surface area contributed by atoms with E-state index in [0.29, 0.717) is 21.1 Å². The van der Waals surface area contributed by atoms with Gasteiger partial charge in [-0.15, -0.1) is 0 Å². The fraction of sp³-hybridized carbons (Fsp3) is 0.0769. The van der Waals surface area contributed by atoms with Crippen LogP contribution in [0.2, 0.25) is 0 Å². The zero-order chi connectivity index (χ0) is 14.2. The fourth-order valence-corrected chi connectivity index (χ4v) is 2.54. The first-order chi connectivity index (χ1) is 8.90. The Morgan fingerprint density at radius 2 is 1.53 bits per heavy atom. The molecule has 2 aromatic carbocycles. The topological polar surface area (TPSA) is 20.2 Å². The normalized spacial score (nSPS) is 12.5. The van der Waals surface area contributed by atoms with Crippen molar-refractivity contribution in [3.05, 3.63) is 67.9 Å². The number of halogens is 5. The SMILES string of the molecule is OC(c1cc(Br)ccc1Br)c1c(F)cc(F)cc1F. The minimum absolute atomic E-state index is 0.277. The Balaban J connectivity index is 2.56. The molecule has 0 spiro atoms. The third-order valence-electron chi connectivity index (χ3n) is 2.57. The standard InChI is InChI=1S/C13H7Br2F3O/c14-6-1-2-9(15)8(3-6)13(19)12-10(17)4-7(16)5-11(12)18/h1-5,13,19H. The summed E-state index contributed by atoms with van der Waals surface area (Å²) in [6.07, 6.45) is -1.53. The van der Waals surface area contributed by atoms with E-state index < -0.39 is 29.1 Å². The van der Waals surface area contributed by atoms with Crippen LogP contribution in [-0.4, -0.2) is 5.11 Å². The van der Waals surface area contributed by atoms with E-state index >= 15 is 0 Å². The van der Waals surface area contributed by atoms with Crippen LogP contribution in [-0.2, 0) is 0 Å². The molecule has 0 bridgehead atoms. The minimum Gasteiger partial charge on any atom is -0.383 e. The molecule has 1 unspecified atom stereocenters. The maximum Gasteiger partial charge on any atom is 0.135 e. The lowest BCUT2D eigenvalue weighted by atomic mass is 10.0. The molecule has 2 aromatic rings. The third kappa shape index (κ3) is 3.01. The molecule has 0 aromatic heterocycles. The van der Waals surface area contributed by atoms with Gasteiger partial charge in [-0.25, -0.2) is 13.2 Å². The van der Waals surface area contributed by atoms with Gasteiger partial charge in [-0.05, 0) is 18.2 Å². The molecule has 1 atom stereocenters. The lowest BCUT2D eigenvalue weighted by Gasteiger charge is -2.15. The molecule has 0 saturated heterocycles. The van der Waals surface area contributed by atoms with Gasteiger partial charge in [0.15, 0.2) is 0 Å². The molecule has 0 aliphatic rings. The van der Waals surface area contributed by atoms with Crippen molar-refractivity contribution in [2.75, 3.05) is 0 Å². The Bertz CT molecular complexity index is 608. The van der Waals surface area contributed by atoms with Crippen molar-refractivity contribution in [1.82, 2.24) is 0 Å². The first-order valence-electron chi connectivity index (χ1n) is 5.17. The summed E-state index contributed by atoms with van der Waals surface area (Å²) in [5.41, 5.74) is -0.306. The van der Waals surface area contributed by atoms with Gasteiger partial charge < -0.3 is 5.11 Å². The second kappa shape index (κ2) is 5.64. The molecule has 1 N–H and O–H groups in total. The van der Waals surface area contributed by atoms with E-state index in [-0.39, 0.29) is 5.56 Å². The maximum atomic E-state index is 13.6. The Kier molecular flexibility index (Phi) is 4.32. The van der Waals surface area contributed by atoms with Gasteiger partial charge >= 0.3 is 0 Å². The highest BCUT2D eigenvalue weighted by atomic mass is 79.9. The molecule has 0 aliphatic carbocycles. The number of aliphatic hydroxyl groups is 1. The number of aliphatic hydroxyl groups excluding tert-OH is 1. The monoisotopic (exact) mass is 394 g/mol. The number of benzene rings is 2. The van der Waals surface area contributed by atoms with Gasteiger partial charge in [-0.2, -0.15) is 0 Å². The van der Waals surface area contributed by atoms with E-state index in [1.54, 1.807) is 12.1 Å². The second-order valence-corrected chi connectivity index (χ2v) is 5.62. The first-order valence-corrected chi connectivity index (χ1v) is 6.76. The van der Waals surface area contributed by atoms with E-state index in [0.717, 1.165) is 0 Å². The number of hydrogen-bond donors (Lipinski definition) is 1. The lowest BCUT2D eigenvalue weighted by molar-refractivity contribution is 0.208. The van der Waals surface area contributed by atoms with Gasteiger partial charge in [0.05, 0.1) is 5.56 Å². The van der Waals surface area contributed by atoms with E-state index in [2.05, 4.69) is 31.9 Å². The highest BCUT2D eigenvalue weighted by Gasteiger charge is 2.22. The Labute approximate surface area is 124 Å². The third-order valence-corrected chi connectivity index (χ3v) is 3.79. The molecule has 2 rings (SSSR count). The van der Waals surface area contributed by atoms with Crippen molar-refractivity contribution in [1.29, 1.82) is 0 Å². The van der Waals surface area contributed by atoms with Crippen molar-refractivity contribution >= 4 is 31.9 Å². The van der Waals surface area contributed by atoms with Gasteiger partial charge in [-0.1, -0.05) is 31.9 Å². The summed E-state index contributed by atoms with van der Waals surface area (Å²) in [4.78, 5) is 0. The van der Waals surface area contributed by atoms with Crippen LogP contribution in [0, 0.1) is 17.5 Å². The van der Waals surface area contributed by atoms with E-state index in [1.165, 1.54) is 6.07 Å². The zero-order valence-corrected chi connectivity index (χ0v) is 12.5. The van der Waals surface area contributed by atoms with Crippen molar-refractivity contribution in [2.45, 2.75) is 6.10 Å². The summed E-state index contributed by atoms with van der Waals surface area (Å²) in [7, 11) is 0. The molecule has 1 nitrogen and oxygen atoms in total. The predicted octanol–water partition coefficient (Wildman–Crippen LogP) is 4.71. The van der Waals surface area contributed by atoms with Crippen LogP contribution in [0.5, 0.6) is 0 Å². The second-order valence-electron chi connectivity index (χ2n) is 3.85. The first kappa shape index (κ1) is 14.6. The molecule has 0 radical (unpaired) electrons. The van der Waals surface area contributed by atoms with Gasteiger partial charge in [0, 0.05) is 26.6 Å². The Morgan fingerprint density at radius 1 is 0.947 bits per heavy atom. The van der Waals surface area contributed by atoms with Crippen molar-refractivity contribution in [3.8, 4) is 0 Å². The van der Waals surface area contributed by atoms with Crippen molar-refractivity contribution in [2.24, 2.45) is 0 Å². The van der Waals surface area contributed by atoms with Crippen LogP contribution in [0.15, 0.2) is 39.3 Å². The Hall–Kier alpha value is -0.850. The highest BCUT2D eigenvalue weighted by molar-refractivity contribution is 9.11. The van der Waals surface area contributed by atoms with Crippen molar-refractivity contribution in [3.63, 3.8) is 0 Å². The van der Waals surface area contributed by atoms with Crippen LogP contribution in [0.1, 0.15) is 17.2 Å². The van der Waals surface area contributed by atoms with Gasteiger partial charge in [0.2, 0.25) is 0 Å². The summed E-state index contributed by atoms with van der Waals surface area (Å²) >= 11 is 6.40. The molecule has 0 amide bonds. The smallest absolute Gasteiger partial charge is 0.135 e. The van der Waals surface area contributed by atoms with Gasteiger partial charge in [-0.3, -0.25) is 0 Å². The van der Waals surface area contributed by atoms with Crippen LogP contribution in [0.3, 0.4) is 0 Å². The molecule has 19 heavy (non-hydrogen) atoms. The molecule has 100 valence electrons. The molecule has 0 fully saturated rings. The summed E-state index contributed by atoms with van der Waals surface area (Å²) < 4.78 is 41.2. The van der Waals surface area contributed by atoms with Crippen LogP contribution >= 0.6 is 31.9 Å². The molecular formula is C13H7Br2F3O. The van der Waals surface area contributed by atoms with Crippen molar-refractivity contribution < 1.29 is 18.3 Å². The maximum absolute atomic E-state index is 13.6. The summed E-state index contributed by atoms with van der Waals surface area (Å²) in [6.45, 7) is 0. The number of hydrogen-bond acceptors (Lipinski definition) is 1. The van der Waals surface area contributed by atoms with Gasteiger partial charge in [0.25, 0.3) is 0 Å². The van der Waals surface area contributed by atoms with Crippen LogP contribution in [0.25, 0.3) is 0 Å². The summed E-state index contributed by atoms with van der Waals surface area (Å²) in [5, 5.41) is 10.1.